The van der Waals surface area contributed by atoms with Crippen molar-refractivity contribution in [2.24, 2.45) is 5.73 Å². The standard InChI is InChI=1S/C6H10N4S2/c7-5(8)2-1-3-11-6-9-4-10-12-6/h4H,1-3H2,(H3,7,8). The van der Waals surface area contributed by atoms with Gasteiger partial charge in [0.05, 0.1) is 5.84 Å². The van der Waals surface area contributed by atoms with Crippen molar-refractivity contribution in [3.8, 4) is 0 Å². The highest BCUT2D eigenvalue weighted by molar-refractivity contribution is 8.00. The first-order valence-corrected chi connectivity index (χ1v) is 5.27. The zero-order chi connectivity index (χ0) is 8.81. The molecule has 6 heteroatoms. The van der Waals surface area contributed by atoms with Gasteiger partial charge in [-0.2, -0.15) is 4.37 Å². The van der Waals surface area contributed by atoms with E-state index in [1.54, 1.807) is 18.1 Å². The molecule has 0 aliphatic carbocycles. The van der Waals surface area contributed by atoms with Crippen molar-refractivity contribution in [3.63, 3.8) is 0 Å². The molecule has 0 aliphatic heterocycles. The number of aromatic nitrogens is 2. The van der Waals surface area contributed by atoms with Crippen molar-refractivity contribution in [1.82, 2.24) is 9.36 Å². The van der Waals surface area contributed by atoms with Crippen LogP contribution in [0.5, 0.6) is 0 Å². The van der Waals surface area contributed by atoms with E-state index in [-0.39, 0.29) is 5.84 Å². The number of hydrogen-bond donors (Lipinski definition) is 2. The van der Waals surface area contributed by atoms with Crippen LogP contribution < -0.4 is 5.73 Å². The van der Waals surface area contributed by atoms with Crippen LogP contribution in [0.25, 0.3) is 0 Å². The molecule has 0 aliphatic rings. The largest absolute Gasteiger partial charge is 0.388 e. The zero-order valence-electron chi connectivity index (χ0n) is 6.49. The van der Waals surface area contributed by atoms with E-state index in [9.17, 15) is 0 Å². The van der Waals surface area contributed by atoms with Gasteiger partial charge in [-0.25, -0.2) is 4.98 Å². The molecule has 4 nitrogen and oxygen atoms in total. The topological polar surface area (TPSA) is 75.7 Å². The Balaban J connectivity index is 2.07. The maximum Gasteiger partial charge on any atom is 0.169 e. The van der Waals surface area contributed by atoms with E-state index in [1.165, 1.54) is 11.5 Å². The van der Waals surface area contributed by atoms with Crippen LogP contribution in [0.1, 0.15) is 12.8 Å². The number of thioether (sulfide) groups is 1. The minimum absolute atomic E-state index is 0.257. The molecule has 0 saturated carbocycles. The average molecular weight is 202 g/mol. The van der Waals surface area contributed by atoms with Gasteiger partial charge in [0.25, 0.3) is 0 Å². The smallest absolute Gasteiger partial charge is 0.169 e. The van der Waals surface area contributed by atoms with Crippen LogP contribution >= 0.6 is 23.3 Å². The van der Waals surface area contributed by atoms with Crippen molar-refractivity contribution in [2.45, 2.75) is 17.2 Å². The Kier molecular flexibility index (Phi) is 4.02. The Bertz CT molecular complexity index is 234. The molecule has 0 atom stereocenters. The van der Waals surface area contributed by atoms with Gasteiger partial charge in [0.1, 0.15) is 6.33 Å². The highest BCUT2D eigenvalue weighted by atomic mass is 32.2. The second kappa shape index (κ2) is 5.10. The first kappa shape index (κ1) is 9.47. The minimum atomic E-state index is 0.257. The molecule has 0 spiro atoms. The van der Waals surface area contributed by atoms with Gasteiger partial charge in [-0.15, -0.1) is 0 Å². The Morgan fingerprint density at radius 2 is 2.58 bits per heavy atom. The fraction of sp³-hybridized carbons (Fsp3) is 0.500. The lowest BCUT2D eigenvalue weighted by molar-refractivity contribution is 0.987. The van der Waals surface area contributed by atoms with Crippen LogP contribution in [0.2, 0.25) is 0 Å². The molecule has 0 saturated heterocycles. The van der Waals surface area contributed by atoms with Crippen molar-refractivity contribution in [2.75, 3.05) is 5.75 Å². The molecule has 0 radical (unpaired) electrons. The summed E-state index contributed by atoms with van der Waals surface area (Å²) >= 11 is 3.06. The first-order chi connectivity index (χ1) is 5.79. The van der Waals surface area contributed by atoms with Crippen LogP contribution in [-0.4, -0.2) is 20.9 Å². The van der Waals surface area contributed by atoms with Gasteiger partial charge < -0.3 is 5.73 Å². The van der Waals surface area contributed by atoms with E-state index < -0.39 is 0 Å². The summed E-state index contributed by atoms with van der Waals surface area (Å²) in [7, 11) is 0. The summed E-state index contributed by atoms with van der Waals surface area (Å²) in [5.74, 6) is 1.21. The highest BCUT2D eigenvalue weighted by Gasteiger charge is 1.97. The summed E-state index contributed by atoms with van der Waals surface area (Å²) in [6, 6.07) is 0. The molecule has 3 N–H and O–H groups in total. The SMILES string of the molecule is N=C(N)CCCSc1ncns1. The van der Waals surface area contributed by atoms with Gasteiger partial charge in [0.15, 0.2) is 4.34 Å². The molecule has 0 unspecified atom stereocenters. The fourth-order valence-electron chi connectivity index (χ4n) is 0.649. The third kappa shape index (κ3) is 3.68. The van der Waals surface area contributed by atoms with Crippen LogP contribution in [0.15, 0.2) is 10.7 Å². The highest BCUT2D eigenvalue weighted by Crippen LogP contribution is 2.19. The van der Waals surface area contributed by atoms with E-state index >= 15 is 0 Å². The quantitative estimate of drug-likeness (QED) is 0.327. The number of hydrogen-bond acceptors (Lipinski definition) is 5. The van der Waals surface area contributed by atoms with E-state index in [0.717, 1.165) is 16.5 Å². The van der Waals surface area contributed by atoms with E-state index in [1.807, 2.05) is 0 Å². The number of nitrogens with zero attached hydrogens (tertiary/aromatic N) is 2. The van der Waals surface area contributed by atoms with Gasteiger partial charge in [-0.1, -0.05) is 11.8 Å². The minimum Gasteiger partial charge on any atom is -0.388 e. The Hall–Kier alpha value is -0.620. The summed E-state index contributed by atoms with van der Waals surface area (Å²) in [6.07, 6.45) is 3.16. The zero-order valence-corrected chi connectivity index (χ0v) is 8.12. The third-order valence-corrected chi connectivity index (χ3v) is 3.04. The van der Waals surface area contributed by atoms with Gasteiger partial charge in [-0.05, 0) is 18.0 Å². The predicted molar refractivity (Wildman–Crippen MR) is 51.8 cm³/mol. The Morgan fingerprint density at radius 3 is 3.17 bits per heavy atom. The van der Waals surface area contributed by atoms with E-state index in [0.29, 0.717) is 6.42 Å². The Labute approximate surface area is 79.3 Å². The molecule has 0 aromatic carbocycles. The maximum absolute atomic E-state index is 6.99. The van der Waals surface area contributed by atoms with Crippen LogP contribution in [-0.2, 0) is 0 Å². The summed E-state index contributed by atoms with van der Waals surface area (Å²) < 4.78 is 4.86. The second-order valence-corrected chi connectivity index (χ2v) is 4.31. The van der Waals surface area contributed by atoms with Crippen LogP contribution in [0.4, 0.5) is 0 Å². The first-order valence-electron chi connectivity index (χ1n) is 3.51. The summed E-state index contributed by atoms with van der Waals surface area (Å²) in [6.45, 7) is 0. The molecule has 0 fully saturated rings. The van der Waals surface area contributed by atoms with Gasteiger partial charge in [0, 0.05) is 12.2 Å². The number of amidine groups is 1. The normalized spacial score (nSPS) is 10.0. The lowest BCUT2D eigenvalue weighted by Gasteiger charge is -1.95. The van der Waals surface area contributed by atoms with Crippen molar-refractivity contribution < 1.29 is 0 Å². The van der Waals surface area contributed by atoms with E-state index in [2.05, 4.69) is 9.36 Å². The summed E-state index contributed by atoms with van der Waals surface area (Å²) in [5.41, 5.74) is 5.20. The number of nitrogens with two attached hydrogens (primary N) is 1. The Morgan fingerprint density at radius 1 is 1.75 bits per heavy atom. The molecular weight excluding hydrogens is 192 g/mol. The summed E-state index contributed by atoms with van der Waals surface area (Å²) in [5, 5.41) is 6.99. The summed E-state index contributed by atoms with van der Waals surface area (Å²) in [4.78, 5) is 4.02. The molecular formula is C6H10N4S2. The van der Waals surface area contributed by atoms with Crippen molar-refractivity contribution >= 4 is 29.1 Å². The third-order valence-electron chi connectivity index (χ3n) is 1.16. The van der Waals surface area contributed by atoms with Gasteiger partial charge >= 0.3 is 0 Å². The van der Waals surface area contributed by atoms with Gasteiger partial charge in [-0.3, -0.25) is 5.41 Å². The average Bonchev–Trinajstić information content (AvgIpc) is 2.49. The number of rotatable bonds is 5. The van der Waals surface area contributed by atoms with Gasteiger partial charge in [0.2, 0.25) is 0 Å². The number of nitrogens with one attached hydrogen (secondary N) is 1. The van der Waals surface area contributed by atoms with Crippen LogP contribution in [0, 0.1) is 5.41 Å². The van der Waals surface area contributed by atoms with Crippen molar-refractivity contribution in [3.05, 3.63) is 6.33 Å². The fourth-order valence-corrected chi connectivity index (χ4v) is 2.10. The molecule has 1 aromatic rings. The molecule has 66 valence electrons. The van der Waals surface area contributed by atoms with E-state index in [4.69, 9.17) is 11.1 Å². The monoisotopic (exact) mass is 202 g/mol. The molecule has 0 bridgehead atoms. The van der Waals surface area contributed by atoms with Crippen LogP contribution in [0.3, 0.4) is 0 Å². The molecule has 12 heavy (non-hydrogen) atoms. The lowest BCUT2D eigenvalue weighted by Crippen LogP contribution is -2.08. The molecule has 1 rings (SSSR count). The molecule has 1 aromatic heterocycles. The maximum atomic E-state index is 6.99. The molecule has 1 heterocycles. The predicted octanol–water partition coefficient (Wildman–Crippen LogP) is 1.35. The lowest BCUT2D eigenvalue weighted by atomic mass is 10.3. The molecule has 0 amide bonds. The van der Waals surface area contributed by atoms with Crippen molar-refractivity contribution in [1.29, 1.82) is 5.41 Å². The second-order valence-electron chi connectivity index (χ2n) is 2.18.